The molecule has 0 spiro atoms. The van der Waals surface area contributed by atoms with E-state index in [0.717, 1.165) is 38.5 Å². The molecule has 1 aromatic heterocycles. The lowest BCUT2D eigenvalue weighted by Gasteiger charge is -2.35. The van der Waals surface area contributed by atoms with Crippen molar-refractivity contribution in [3.05, 3.63) is 24.2 Å². The standard InChI is InChI=1S/C15H25N3O2/c1-12(2)14(16)10-15(19)18-7-5-17(6-8-18)11-13-4-3-9-20-13/h3-4,9,12,14H,5-8,10-11,16H2,1-2H3. The molecule has 20 heavy (non-hydrogen) atoms. The van der Waals surface area contributed by atoms with Crippen LogP contribution in [0.2, 0.25) is 0 Å². The third kappa shape index (κ3) is 4.08. The van der Waals surface area contributed by atoms with E-state index >= 15 is 0 Å². The molecular weight excluding hydrogens is 254 g/mol. The number of piperazine rings is 1. The van der Waals surface area contributed by atoms with E-state index in [1.54, 1.807) is 6.26 Å². The lowest BCUT2D eigenvalue weighted by Crippen LogP contribution is -2.49. The third-order valence-corrected chi connectivity index (χ3v) is 3.95. The molecule has 2 heterocycles. The van der Waals surface area contributed by atoms with E-state index in [2.05, 4.69) is 18.7 Å². The molecule has 1 aromatic rings. The highest BCUT2D eigenvalue weighted by molar-refractivity contribution is 5.77. The second-order valence-corrected chi connectivity index (χ2v) is 5.85. The molecule has 1 atom stereocenters. The average molecular weight is 279 g/mol. The van der Waals surface area contributed by atoms with Gasteiger partial charge in [-0.25, -0.2) is 0 Å². The zero-order chi connectivity index (χ0) is 14.5. The van der Waals surface area contributed by atoms with Gasteiger partial charge in [-0.1, -0.05) is 13.8 Å². The fourth-order valence-corrected chi connectivity index (χ4v) is 2.34. The van der Waals surface area contributed by atoms with E-state index in [4.69, 9.17) is 10.2 Å². The van der Waals surface area contributed by atoms with Crippen molar-refractivity contribution in [2.75, 3.05) is 26.2 Å². The van der Waals surface area contributed by atoms with Crippen LogP contribution in [0.15, 0.2) is 22.8 Å². The number of carbonyl (C=O) groups is 1. The quantitative estimate of drug-likeness (QED) is 0.882. The Morgan fingerprint density at radius 1 is 1.35 bits per heavy atom. The largest absolute Gasteiger partial charge is 0.468 e. The first-order valence-corrected chi connectivity index (χ1v) is 7.34. The van der Waals surface area contributed by atoms with Crippen molar-refractivity contribution in [2.24, 2.45) is 11.7 Å². The van der Waals surface area contributed by atoms with Gasteiger partial charge in [0.25, 0.3) is 0 Å². The lowest BCUT2D eigenvalue weighted by molar-refractivity contribution is -0.133. The summed E-state index contributed by atoms with van der Waals surface area (Å²) in [7, 11) is 0. The summed E-state index contributed by atoms with van der Waals surface area (Å²) in [5.74, 6) is 1.51. The van der Waals surface area contributed by atoms with E-state index in [9.17, 15) is 4.79 Å². The molecule has 1 aliphatic rings. The highest BCUT2D eigenvalue weighted by atomic mass is 16.3. The Kier molecular flexibility index (Phi) is 5.20. The van der Waals surface area contributed by atoms with Gasteiger partial charge in [0.05, 0.1) is 12.8 Å². The Bertz CT molecular complexity index is 409. The summed E-state index contributed by atoms with van der Waals surface area (Å²) in [6, 6.07) is 3.85. The van der Waals surface area contributed by atoms with E-state index in [0.29, 0.717) is 12.3 Å². The number of hydrogen-bond acceptors (Lipinski definition) is 4. The summed E-state index contributed by atoms with van der Waals surface area (Å²) in [6.07, 6.45) is 2.15. The normalized spacial score (nSPS) is 18.5. The summed E-state index contributed by atoms with van der Waals surface area (Å²) >= 11 is 0. The van der Waals surface area contributed by atoms with E-state index in [1.807, 2.05) is 17.0 Å². The molecule has 1 aliphatic heterocycles. The lowest BCUT2D eigenvalue weighted by atomic mass is 10.0. The van der Waals surface area contributed by atoms with Crippen molar-refractivity contribution in [1.29, 1.82) is 0 Å². The first kappa shape index (κ1) is 15.1. The molecule has 0 radical (unpaired) electrons. The van der Waals surface area contributed by atoms with E-state index in [1.165, 1.54) is 0 Å². The van der Waals surface area contributed by atoms with Crippen molar-refractivity contribution in [1.82, 2.24) is 9.80 Å². The van der Waals surface area contributed by atoms with Gasteiger partial charge in [-0.3, -0.25) is 9.69 Å². The zero-order valence-corrected chi connectivity index (χ0v) is 12.4. The summed E-state index contributed by atoms with van der Waals surface area (Å²) in [5, 5.41) is 0. The second kappa shape index (κ2) is 6.90. The van der Waals surface area contributed by atoms with Crippen LogP contribution >= 0.6 is 0 Å². The summed E-state index contributed by atoms with van der Waals surface area (Å²) < 4.78 is 5.35. The van der Waals surface area contributed by atoms with Gasteiger partial charge in [0, 0.05) is 38.6 Å². The first-order valence-electron chi connectivity index (χ1n) is 7.34. The summed E-state index contributed by atoms with van der Waals surface area (Å²) in [6.45, 7) is 8.28. The molecule has 0 saturated carbocycles. The molecule has 0 bridgehead atoms. The first-order chi connectivity index (χ1) is 9.56. The smallest absolute Gasteiger partial charge is 0.224 e. The van der Waals surface area contributed by atoms with Gasteiger partial charge in [-0.2, -0.15) is 0 Å². The minimum Gasteiger partial charge on any atom is -0.468 e. The van der Waals surface area contributed by atoms with Gasteiger partial charge in [0.2, 0.25) is 5.91 Å². The molecule has 5 nitrogen and oxygen atoms in total. The zero-order valence-electron chi connectivity index (χ0n) is 12.4. The summed E-state index contributed by atoms with van der Waals surface area (Å²) in [4.78, 5) is 16.4. The van der Waals surface area contributed by atoms with Gasteiger partial charge in [0.15, 0.2) is 0 Å². The van der Waals surface area contributed by atoms with Crippen LogP contribution in [0.4, 0.5) is 0 Å². The SMILES string of the molecule is CC(C)C(N)CC(=O)N1CCN(Cc2ccco2)CC1. The average Bonchev–Trinajstić information content (AvgIpc) is 2.92. The van der Waals surface area contributed by atoms with Crippen molar-refractivity contribution >= 4 is 5.91 Å². The molecule has 1 amide bonds. The maximum Gasteiger partial charge on any atom is 0.224 e. The molecule has 5 heteroatoms. The fourth-order valence-electron chi connectivity index (χ4n) is 2.34. The van der Waals surface area contributed by atoms with Crippen LogP contribution in [0, 0.1) is 5.92 Å². The Labute approximate surface area is 120 Å². The van der Waals surface area contributed by atoms with Crippen LogP contribution in [0.3, 0.4) is 0 Å². The van der Waals surface area contributed by atoms with Crippen LogP contribution in [0.5, 0.6) is 0 Å². The third-order valence-electron chi connectivity index (χ3n) is 3.95. The molecule has 0 aromatic carbocycles. The van der Waals surface area contributed by atoms with Gasteiger partial charge in [0.1, 0.15) is 5.76 Å². The Hall–Kier alpha value is -1.33. The molecule has 1 saturated heterocycles. The van der Waals surface area contributed by atoms with Crippen molar-refractivity contribution in [3.63, 3.8) is 0 Å². The molecule has 112 valence electrons. The van der Waals surface area contributed by atoms with Crippen LogP contribution < -0.4 is 5.73 Å². The minimum atomic E-state index is -0.0383. The molecular formula is C15H25N3O2. The summed E-state index contributed by atoms with van der Waals surface area (Å²) in [5.41, 5.74) is 5.97. The minimum absolute atomic E-state index is 0.0383. The second-order valence-electron chi connectivity index (χ2n) is 5.85. The van der Waals surface area contributed by atoms with Crippen LogP contribution in [-0.2, 0) is 11.3 Å². The van der Waals surface area contributed by atoms with Gasteiger partial charge < -0.3 is 15.1 Å². The monoisotopic (exact) mass is 279 g/mol. The Morgan fingerprint density at radius 3 is 2.60 bits per heavy atom. The topological polar surface area (TPSA) is 62.7 Å². The number of amides is 1. The van der Waals surface area contributed by atoms with E-state index < -0.39 is 0 Å². The van der Waals surface area contributed by atoms with Crippen LogP contribution in [0.25, 0.3) is 0 Å². The Morgan fingerprint density at radius 2 is 2.05 bits per heavy atom. The molecule has 2 N–H and O–H groups in total. The maximum absolute atomic E-state index is 12.1. The number of carbonyl (C=O) groups excluding carboxylic acids is 1. The number of furan rings is 1. The van der Waals surface area contributed by atoms with Crippen molar-refractivity contribution < 1.29 is 9.21 Å². The van der Waals surface area contributed by atoms with Crippen LogP contribution in [0.1, 0.15) is 26.0 Å². The fraction of sp³-hybridized carbons (Fsp3) is 0.667. The predicted molar refractivity (Wildman–Crippen MR) is 78.0 cm³/mol. The number of hydrogen-bond donors (Lipinski definition) is 1. The Balaban J connectivity index is 1.75. The molecule has 1 fully saturated rings. The number of rotatable bonds is 5. The molecule has 1 unspecified atom stereocenters. The predicted octanol–water partition coefficient (Wildman–Crippen LogP) is 1.30. The van der Waals surface area contributed by atoms with Gasteiger partial charge >= 0.3 is 0 Å². The van der Waals surface area contributed by atoms with Crippen molar-refractivity contribution in [3.8, 4) is 0 Å². The van der Waals surface area contributed by atoms with Gasteiger partial charge in [-0.15, -0.1) is 0 Å². The maximum atomic E-state index is 12.1. The highest BCUT2D eigenvalue weighted by Crippen LogP contribution is 2.11. The number of nitrogens with zero attached hydrogens (tertiary/aromatic N) is 2. The van der Waals surface area contributed by atoms with Crippen molar-refractivity contribution in [2.45, 2.75) is 32.9 Å². The van der Waals surface area contributed by atoms with Gasteiger partial charge in [-0.05, 0) is 18.1 Å². The molecule has 0 aliphatic carbocycles. The van der Waals surface area contributed by atoms with E-state index in [-0.39, 0.29) is 11.9 Å². The highest BCUT2D eigenvalue weighted by Gasteiger charge is 2.23. The van der Waals surface area contributed by atoms with Crippen LogP contribution in [-0.4, -0.2) is 47.9 Å². The number of nitrogens with two attached hydrogens (primary N) is 1. The molecule has 2 rings (SSSR count).